The second-order valence-electron chi connectivity index (χ2n) is 5.91. The fourth-order valence-electron chi connectivity index (χ4n) is 2.75. The average Bonchev–Trinajstić information content (AvgIpc) is 2.70. The van der Waals surface area contributed by atoms with Crippen LogP contribution in [-0.2, 0) is 11.3 Å². The Hall–Kier alpha value is -3.12. The summed E-state index contributed by atoms with van der Waals surface area (Å²) in [6.07, 6.45) is 1.51. The molecule has 3 aromatic rings. The van der Waals surface area contributed by atoms with Crippen LogP contribution in [-0.4, -0.2) is 29.9 Å². The maximum atomic E-state index is 12.8. The average molecular weight is 384 g/mol. The van der Waals surface area contributed by atoms with Crippen molar-refractivity contribution in [1.82, 2.24) is 9.78 Å². The Morgan fingerprint density at radius 1 is 1.15 bits per heavy atom. The first-order chi connectivity index (χ1) is 13.0. The van der Waals surface area contributed by atoms with Crippen molar-refractivity contribution in [1.29, 1.82) is 0 Å². The largest absolute Gasteiger partial charge is 0.465 e. The van der Waals surface area contributed by atoms with Crippen LogP contribution < -0.4 is 10.5 Å². The lowest BCUT2D eigenvalue weighted by atomic mass is 10.2. The van der Waals surface area contributed by atoms with Crippen LogP contribution in [0, 0.1) is 0 Å². The minimum absolute atomic E-state index is 0.0306. The molecule has 6 nitrogen and oxygen atoms in total. The highest BCUT2D eigenvalue weighted by molar-refractivity contribution is 6.33. The Bertz CT molecular complexity index is 1020. The molecule has 0 aliphatic rings. The van der Waals surface area contributed by atoms with Gasteiger partial charge in [0.15, 0.2) is 0 Å². The molecule has 0 atom stereocenters. The number of para-hydroxylation sites is 1. The smallest absolute Gasteiger partial charge is 0.340 e. The van der Waals surface area contributed by atoms with Crippen LogP contribution >= 0.6 is 11.6 Å². The third-order valence-electron chi connectivity index (χ3n) is 4.11. The Labute approximate surface area is 161 Å². The lowest BCUT2D eigenvalue weighted by molar-refractivity contribution is 0.0600. The molecule has 27 heavy (non-hydrogen) atoms. The van der Waals surface area contributed by atoms with Crippen LogP contribution in [0.3, 0.4) is 0 Å². The number of ether oxygens (including phenoxy) is 1. The van der Waals surface area contributed by atoms with Crippen LogP contribution in [0.25, 0.3) is 5.69 Å². The van der Waals surface area contributed by atoms with Gasteiger partial charge in [-0.05, 0) is 17.7 Å². The minimum atomic E-state index is -0.555. The predicted octanol–water partition coefficient (Wildman–Crippen LogP) is 3.31. The van der Waals surface area contributed by atoms with Gasteiger partial charge in [0, 0.05) is 13.6 Å². The highest BCUT2D eigenvalue weighted by atomic mass is 35.5. The lowest BCUT2D eigenvalue weighted by Gasteiger charge is -2.20. The molecule has 138 valence electrons. The maximum absolute atomic E-state index is 12.8. The van der Waals surface area contributed by atoms with E-state index in [-0.39, 0.29) is 10.6 Å². The molecule has 1 heterocycles. The number of aromatic nitrogens is 2. The predicted molar refractivity (Wildman–Crippen MR) is 105 cm³/mol. The molecule has 0 bridgehead atoms. The van der Waals surface area contributed by atoms with Gasteiger partial charge in [0.2, 0.25) is 0 Å². The third-order valence-corrected chi connectivity index (χ3v) is 4.47. The van der Waals surface area contributed by atoms with E-state index in [1.165, 1.54) is 13.3 Å². The van der Waals surface area contributed by atoms with Crippen molar-refractivity contribution < 1.29 is 9.53 Å². The zero-order valence-corrected chi connectivity index (χ0v) is 15.7. The summed E-state index contributed by atoms with van der Waals surface area (Å²) in [5.74, 6) is -0.555. The molecule has 1 aromatic heterocycles. The van der Waals surface area contributed by atoms with Crippen LogP contribution in [0.5, 0.6) is 0 Å². The fourth-order valence-corrected chi connectivity index (χ4v) is 3.02. The van der Waals surface area contributed by atoms with Crippen molar-refractivity contribution in [2.45, 2.75) is 6.54 Å². The van der Waals surface area contributed by atoms with E-state index in [9.17, 15) is 9.59 Å². The number of methoxy groups -OCH3 is 1. The van der Waals surface area contributed by atoms with Crippen molar-refractivity contribution in [2.75, 3.05) is 19.1 Å². The highest BCUT2D eigenvalue weighted by Gasteiger charge is 2.18. The van der Waals surface area contributed by atoms with Gasteiger partial charge >= 0.3 is 5.97 Å². The molecular weight excluding hydrogens is 366 g/mol. The van der Waals surface area contributed by atoms with Gasteiger partial charge in [-0.2, -0.15) is 9.78 Å². The van der Waals surface area contributed by atoms with Crippen LogP contribution in [0.15, 0.2) is 65.6 Å². The van der Waals surface area contributed by atoms with Crippen molar-refractivity contribution in [3.05, 3.63) is 87.3 Å². The standard InChI is InChI=1S/C20H18ClN3O3/c1-23(13-14-8-4-3-5-9-14)17-12-22-24(19(25)18(17)21)16-11-7-6-10-15(16)20(26)27-2/h3-12H,13H2,1-2H3. The van der Waals surface area contributed by atoms with Gasteiger partial charge in [-0.15, -0.1) is 0 Å². The molecule has 0 spiro atoms. The summed E-state index contributed by atoms with van der Waals surface area (Å²) in [5.41, 5.74) is 1.63. The van der Waals surface area contributed by atoms with E-state index in [4.69, 9.17) is 16.3 Å². The van der Waals surface area contributed by atoms with E-state index in [1.807, 2.05) is 42.3 Å². The number of carbonyl (C=O) groups is 1. The number of halogens is 1. The van der Waals surface area contributed by atoms with E-state index in [2.05, 4.69) is 5.10 Å². The topological polar surface area (TPSA) is 64.4 Å². The molecule has 0 saturated heterocycles. The molecular formula is C20H18ClN3O3. The van der Waals surface area contributed by atoms with E-state index in [0.29, 0.717) is 17.9 Å². The zero-order chi connectivity index (χ0) is 19.4. The minimum Gasteiger partial charge on any atom is -0.465 e. The quantitative estimate of drug-likeness (QED) is 0.632. The van der Waals surface area contributed by atoms with Crippen molar-refractivity contribution in [2.24, 2.45) is 0 Å². The van der Waals surface area contributed by atoms with Gasteiger partial charge in [-0.25, -0.2) is 4.79 Å². The fraction of sp³-hybridized carbons (Fsp3) is 0.150. The maximum Gasteiger partial charge on any atom is 0.340 e. The SMILES string of the molecule is COC(=O)c1ccccc1-n1ncc(N(C)Cc2ccccc2)c(Cl)c1=O. The lowest BCUT2D eigenvalue weighted by Crippen LogP contribution is -2.27. The van der Waals surface area contributed by atoms with Crippen LogP contribution in [0.4, 0.5) is 5.69 Å². The highest BCUT2D eigenvalue weighted by Crippen LogP contribution is 2.23. The normalized spacial score (nSPS) is 10.5. The molecule has 0 aliphatic heterocycles. The molecule has 0 radical (unpaired) electrons. The molecule has 0 saturated carbocycles. The van der Waals surface area contributed by atoms with Crippen molar-refractivity contribution >= 4 is 23.3 Å². The first kappa shape index (κ1) is 18.7. The summed E-state index contributed by atoms with van der Waals surface area (Å²) >= 11 is 6.34. The van der Waals surface area contributed by atoms with Crippen LogP contribution in [0.2, 0.25) is 5.02 Å². The van der Waals surface area contributed by atoms with E-state index >= 15 is 0 Å². The van der Waals surface area contributed by atoms with Crippen LogP contribution in [0.1, 0.15) is 15.9 Å². The van der Waals surface area contributed by atoms with E-state index in [0.717, 1.165) is 10.2 Å². The summed E-state index contributed by atoms with van der Waals surface area (Å²) in [6.45, 7) is 0.574. The van der Waals surface area contributed by atoms with Crippen molar-refractivity contribution in [3.8, 4) is 5.69 Å². The summed E-state index contributed by atoms with van der Waals surface area (Å²) in [7, 11) is 3.12. The second-order valence-corrected chi connectivity index (χ2v) is 6.29. The Balaban J connectivity index is 1.99. The number of hydrogen-bond donors (Lipinski definition) is 0. The number of anilines is 1. The number of carbonyl (C=O) groups excluding carboxylic acids is 1. The molecule has 2 aromatic carbocycles. The van der Waals surface area contributed by atoms with Gasteiger partial charge in [-0.1, -0.05) is 54.1 Å². The summed E-state index contributed by atoms with van der Waals surface area (Å²) < 4.78 is 5.88. The molecule has 0 N–H and O–H groups in total. The second kappa shape index (κ2) is 8.05. The number of hydrogen-bond acceptors (Lipinski definition) is 5. The third kappa shape index (κ3) is 3.85. The Morgan fingerprint density at radius 2 is 1.81 bits per heavy atom. The van der Waals surface area contributed by atoms with Gasteiger partial charge in [0.25, 0.3) is 5.56 Å². The molecule has 7 heteroatoms. The molecule has 0 fully saturated rings. The summed E-state index contributed by atoms with van der Waals surface area (Å²) in [6, 6.07) is 16.4. The number of esters is 1. The van der Waals surface area contributed by atoms with Gasteiger partial charge in [0.05, 0.1) is 30.2 Å². The number of benzene rings is 2. The molecule has 0 amide bonds. The number of rotatable bonds is 5. The van der Waals surface area contributed by atoms with Gasteiger partial charge in [0.1, 0.15) is 5.02 Å². The van der Waals surface area contributed by atoms with E-state index in [1.54, 1.807) is 24.3 Å². The van der Waals surface area contributed by atoms with Gasteiger partial charge in [-0.3, -0.25) is 4.79 Å². The first-order valence-electron chi connectivity index (χ1n) is 8.23. The molecule has 3 rings (SSSR count). The Morgan fingerprint density at radius 3 is 2.52 bits per heavy atom. The zero-order valence-electron chi connectivity index (χ0n) is 14.9. The van der Waals surface area contributed by atoms with E-state index < -0.39 is 11.5 Å². The van der Waals surface area contributed by atoms with Crippen molar-refractivity contribution in [3.63, 3.8) is 0 Å². The van der Waals surface area contributed by atoms with Gasteiger partial charge < -0.3 is 9.64 Å². The summed E-state index contributed by atoms with van der Waals surface area (Å²) in [4.78, 5) is 26.6. The number of nitrogens with zero attached hydrogens (tertiary/aromatic N) is 3. The molecule has 0 aliphatic carbocycles. The monoisotopic (exact) mass is 383 g/mol. The molecule has 0 unspecified atom stereocenters. The summed E-state index contributed by atoms with van der Waals surface area (Å²) in [5, 5.41) is 4.25. The Kier molecular flexibility index (Phi) is 5.57. The first-order valence-corrected chi connectivity index (χ1v) is 8.61.